The van der Waals surface area contributed by atoms with Crippen molar-refractivity contribution in [2.24, 2.45) is 10.2 Å². The minimum atomic E-state index is -2.72. The quantitative estimate of drug-likeness (QED) is 0.353. The number of hydrogen-bond acceptors (Lipinski definition) is 4. The molecule has 0 aliphatic carbocycles. The number of halogens is 4. The summed E-state index contributed by atoms with van der Waals surface area (Å²) in [6.45, 7) is 2.25. The summed E-state index contributed by atoms with van der Waals surface area (Å²) in [5, 5.41) is 7.29. The van der Waals surface area contributed by atoms with Crippen molar-refractivity contribution in [3.05, 3.63) is 64.4 Å². The molecule has 0 amide bonds. The van der Waals surface area contributed by atoms with Crippen LogP contribution in [-0.2, 0) is 22.3 Å². The zero-order valence-corrected chi connectivity index (χ0v) is 16.4. The Balaban J connectivity index is 2.26. The molecule has 2 rings (SSSR count). The van der Waals surface area contributed by atoms with Crippen LogP contribution in [0.25, 0.3) is 0 Å². The SMILES string of the molecule is C=N/N=C(\OCC(F)F)c1ccc(CN(c2ccc(Cl)cc2)S(C)=O)c(F)c1. The molecule has 0 N–H and O–H groups in total. The molecule has 0 saturated carbocycles. The average Bonchev–Trinajstić information content (AvgIpc) is 2.64. The molecular formula is C18H17ClF3N3O2S. The lowest BCUT2D eigenvalue weighted by Gasteiger charge is -2.22. The number of nitrogens with zero attached hydrogens (tertiary/aromatic N) is 3. The average molecular weight is 432 g/mol. The highest BCUT2D eigenvalue weighted by Crippen LogP contribution is 2.23. The van der Waals surface area contributed by atoms with Gasteiger partial charge < -0.3 is 4.74 Å². The van der Waals surface area contributed by atoms with Crippen molar-refractivity contribution in [1.82, 2.24) is 0 Å². The molecule has 0 radical (unpaired) electrons. The minimum absolute atomic E-state index is 0.0148. The minimum Gasteiger partial charge on any atom is -0.470 e. The fourth-order valence-electron chi connectivity index (χ4n) is 2.28. The van der Waals surface area contributed by atoms with Crippen molar-refractivity contribution in [2.45, 2.75) is 13.0 Å². The third-order valence-electron chi connectivity index (χ3n) is 3.55. The Morgan fingerprint density at radius 2 is 1.96 bits per heavy atom. The zero-order valence-electron chi connectivity index (χ0n) is 14.8. The first kappa shape index (κ1) is 21.9. The monoisotopic (exact) mass is 431 g/mol. The van der Waals surface area contributed by atoms with Crippen LogP contribution in [0.15, 0.2) is 52.7 Å². The summed E-state index contributed by atoms with van der Waals surface area (Å²) in [6, 6.07) is 10.6. The number of ether oxygens (including phenoxy) is 1. The number of anilines is 1. The Bertz CT molecular complexity index is 879. The van der Waals surface area contributed by atoms with E-state index in [4.69, 9.17) is 16.3 Å². The molecule has 0 heterocycles. The van der Waals surface area contributed by atoms with Gasteiger partial charge in [0.15, 0.2) is 6.61 Å². The number of rotatable bonds is 8. The molecule has 1 atom stereocenters. The molecule has 0 saturated heterocycles. The van der Waals surface area contributed by atoms with Gasteiger partial charge in [0.25, 0.3) is 6.43 Å². The normalized spacial score (nSPS) is 12.7. The van der Waals surface area contributed by atoms with Gasteiger partial charge in [-0.25, -0.2) is 17.4 Å². The summed E-state index contributed by atoms with van der Waals surface area (Å²) < 4.78 is 57.8. The zero-order chi connectivity index (χ0) is 20.7. The second kappa shape index (κ2) is 10.2. The summed E-state index contributed by atoms with van der Waals surface area (Å²) in [7, 11) is -1.43. The van der Waals surface area contributed by atoms with E-state index in [2.05, 4.69) is 16.9 Å². The molecule has 10 heteroatoms. The molecule has 2 aromatic rings. The van der Waals surface area contributed by atoms with Crippen LogP contribution in [0, 0.1) is 5.82 Å². The molecule has 0 aromatic heterocycles. The van der Waals surface area contributed by atoms with Crippen molar-refractivity contribution in [2.75, 3.05) is 17.2 Å². The van der Waals surface area contributed by atoms with Crippen LogP contribution >= 0.6 is 11.6 Å². The van der Waals surface area contributed by atoms with E-state index in [0.29, 0.717) is 10.7 Å². The molecule has 0 bridgehead atoms. The van der Waals surface area contributed by atoms with Crippen molar-refractivity contribution in [3.8, 4) is 0 Å². The van der Waals surface area contributed by atoms with Crippen LogP contribution in [0.3, 0.4) is 0 Å². The van der Waals surface area contributed by atoms with Crippen LogP contribution in [0.2, 0.25) is 5.02 Å². The second-order valence-corrected chi connectivity index (χ2v) is 7.22. The van der Waals surface area contributed by atoms with E-state index in [1.54, 1.807) is 24.3 Å². The van der Waals surface area contributed by atoms with Gasteiger partial charge in [-0.1, -0.05) is 17.7 Å². The van der Waals surface area contributed by atoms with E-state index in [0.717, 1.165) is 6.07 Å². The fraction of sp³-hybridized carbons (Fsp3) is 0.222. The van der Waals surface area contributed by atoms with Gasteiger partial charge in [-0.15, -0.1) is 5.10 Å². The maximum atomic E-state index is 14.6. The molecule has 5 nitrogen and oxygen atoms in total. The van der Waals surface area contributed by atoms with E-state index in [-0.39, 0.29) is 23.6 Å². The maximum Gasteiger partial charge on any atom is 0.272 e. The van der Waals surface area contributed by atoms with Gasteiger partial charge in [0.2, 0.25) is 5.90 Å². The molecule has 0 fully saturated rings. The summed E-state index contributed by atoms with van der Waals surface area (Å²) in [6.07, 6.45) is -1.24. The Kier molecular flexibility index (Phi) is 8.01. The molecule has 0 aliphatic rings. The van der Waals surface area contributed by atoms with Crippen molar-refractivity contribution in [1.29, 1.82) is 0 Å². The Labute approximate surface area is 168 Å². The first-order valence-electron chi connectivity index (χ1n) is 7.92. The third-order valence-corrected chi connectivity index (χ3v) is 4.76. The lowest BCUT2D eigenvalue weighted by Crippen LogP contribution is -2.24. The summed E-state index contributed by atoms with van der Waals surface area (Å²) in [4.78, 5) is 0. The number of hydrogen-bond donors (Lipinski definition) is 0. The standard InChI is InChI=1S/C18H17ClF3N3O2S/c1-23-24-18(27-11-17(21)22)12-3-4-13(16(20)9-12)10-25(28(2)26)15-7-5-14(19)6-8-15/h3-9,17H,1,10-11H2,2H3/b24-18-. The Hall–Kier alpha value is -2.39. The van der Waals surface area contributed by atoms with Gasteiger partial charge in [-0.2, -0.15) is 5.10 Å². The molecule has 0 spiro atoms. The lowest BCUT2D eigenvalue weighted by molar-refractivity contribution is 0.0765. The largest absolute Gasteiger partial charge is 0.470 e. The van der Waals surface area contributed by atoms with Crippen LogP contribution in [0.5, 0.6) is 0 Å². The third kappa shape index (κ3) is 6.07. The predicted octanol–water partition coefficient (Wildman–Crippen LogP) is 4.42. The molecule has 0 aliphatic heterocycles. The second-order valence-electron chi connectivity index (χ2n) is 5.49. The first-order valence-corrected chi connectivity index (χ1v) is 9.81. The van der Waals surface area contributed by atoms with E-state index >= 15 is 0 Å². The van der Waals surface area contributed by atoms with Crippen molar-refractivity contribution >= 4 is 40.9 Å². The van der Waals surface area contributed by atoms with Crippen LogP contribution in [0.1, 0.15) is 11.1 Å². The van der Waals surface area contributed by atoms with E-state index in [1.165, 1.54) is 22.7 Å². The van der Waals surface area contributed by atoms with E-state index in [1.807, 2.05) is 0 Å². The highest BCUT2D eigenvalue weighted by molar-refractivity contribution is 7.85. The predicted molar refractivity (Wildman–Crippen MR) is 106 cm³/mol. The lowest BCUT2D eigenvalue weighted by atomic mass is 10.1. The van der Waals surface area contributed by atoms with Crippen LogP contribution in [-0.4, -0.2) is 36.1 Å². The van der Waals surface area contributed by atoms with Gasteiger partial charge in [-0.3, -0.25) is 4.31 Å². The molecule has 150 valence electrons. The van der Waals surface area contributed by atoms with Gasteiger partial charge in [0.1, 0.15) is 16.8 Å². The summed E-state index contributed by atoms with van der Waals surface area (Å²) in [5.74, 6) is -0.909. The van der Waals surface area contributed by atoms with Gasteiger partial charge in [-0.05, 0) is 36.4 Å². The van der Waals surface area contributed by atoms with Crippen molar-refractivity contribution < 1.29 is 22.1 Å². The summed E-state index contributed by atoms with van der Waals surface area (Å²) in [5.41, 5.74) is 0.978. The molecular weight excluding hydrogens is 415 g/mol. The molecule has 2 aromatic carbocycles. The first-order chi connectivity index (χ1) is 13.3. The fourth-order valence-corrected chi connectivity index (χ4v) is 3.14. The van der Waals surface area contributed by atoms with E-state index in [9.17, 15) is 17.4 Å². The maximum absolute atomic E-state index is 14.6. The highest BCUT2D eigenvalue weighted by Gasteiger charge is 2.16. The van der Waals surface area contributed by atoms with Crippen LogP contribution < -0.4 is 4.31 Å². The number of alkyl halides is 2. The topological polar surface area (TPSA) is 54.3 Å². The highest BCUT2D eigenvalue weighted by atomic mass is 35.5. The van der Waals surface area contributed by atoms with Crippen LogP contribution in [0.4, 0.5) is 18.9 Å². The smallest absolute Gasteiger partial charge is 0.272 e. The number of benzene rings is 2. The van der Waals surface area contributed by atoms with Gasteiger partial charge in [0.05, 0.1) is 6.54 Å². The van der Waals surface area contributed by atoms with Crippen molar-refractivity contribution in [3.63, 3.8) is 0 Å². The van der Waals surface area contributed by atoms with E-state index < -0.39 is 29.8 Å². The molecule has 1 unspecified atom stereocenters. The summed E-state index contributed by atoms with van der Waals surface area (Å²) >= 11 is 5.86. The Morgan fingerprint density at radius 3 is 2.50 bits per heavy atom. The van der Waals surface area contributed by atoms with Gasteiger partial charge >= 0.3 is 0 Å². The van der Waals surface area contributed by atoms with Gasteiger partial charge in [0, 0.05) is 34.8 Å². The Morgan fingerprint density at radius 1 is 1.29 bits per heavy atom. The molecule has 28 heavy (non-hydrogen) atoms.